The Labute approximate surface area is 163 Å². The smallest absolute Gasteiger partial charge is 0.264 e. The monoisotopic (exact) mass is 384 g/mol. The van der Waals surface area contributed by atoms with Gasteiger partial charge in [-0.2, -0.15) is 0 Å². The zero-order valence-electron chi connectivity index (χ0n) is 16.1. The number of carbonyl (C=O) groups excluding carboxylic acids is 4. The van der Waals surface area contributed by atoms with Crippen LogP contribution in [0.1, 0.15) is 47.4 Å². The fourth-order valence-corrected chi connectivity index (χ4v) is 4.26. The zero-order chi connectivity index (χ0) is 20.1. The van der Waals surface area contributed by atoms with Crippen LogP contribution in [0.5, 0.6) is 0 Å². The van der Waals surface area contributed by atoms with E-state index in [1.54, 1.807) is 12.1 Å². The molecular weight excluding hydrogens is 360 g/mol. The molecule has 2 N–H and O–H groups in total. The van der Waals surface area contributed by atoms with E-state index in [9.17, 15) is 19.2 Å². The van der Waals surface area contributed by atoms with Gasteiger partial charge in [0.15, 0.2) is 0 Å². The molecular formula is C20H24N4O4. The fourth-order valence-electron chi connectivity index (χ4n) is 4.26. The Bertz CT molecular complexity index is 879. The van der Waals surface area contributed by atoms with Gasteiger partial charge in [-0.15, -0.1) is 0 Å². The maximum atomic E-state index is 13.2. The van der Waals surface area contributed by atoms with E-state index < -0.39 is 23.8 Å². The fraction of sp³-hybridized carbons (Fsp3) is 0.500. The highest BCUT2D eigenvalue weighted by Gasteiger charge is 2.46. The van der Waals surface area contributed by atoms with E-state index in [1.165, 1.54) is 0 Å². The van der Waals surface area contributed by atoms with Crippen LogP contribution in [0.15, 0.2) is 18.2 Å². The summed E-state index contributed by atoms with van der Waals surface area (Å²) in [5.41, 5.74) is 1.41. The molecule has 4 amide bonds. The second-order valence-electron chi connectivity index (χ2n) is 8.41. The first-order valence-electron chi connectivity index (χ1n) is 9.59. The standard InChI is InChI=1S/C20H24N4O4/c1-20(2)10-21-8-9-23(11-20)13-5-3-4-12-16(13)19(28)24(18(12)27)14-6-7-15(25)22-17(14)26/h3-5,14,21H,6-11H2,1-2H3,(H,22,25,26). The lowest BCUT2D eigenvalue weighted by molar-refractivity contribution is -0.136. The van der Waals surface area contributed by atoms with Crippen molar-refractivity contribution < 1.29 is 19.2 Å². The lowest BCUT2D eigenvalue weighted by atomic mass is 9.92. The Morgan fingerprint density at radius 3 is 2.64 bits per heavy atom. The Hall–Kier alpha value is -2.74. The van der Waals surface area contributed by atoms with Gasteiger partial charge in [-0.05, 0) is 24.0 Å². The van der Waals surface area contributed by atoms with Crippen molar-refractivity contribution in [3.63, 3.8) is 0 Å². The minimum absolute atomic E-state index is 0.00813. The molecule has 0 bridgehead atoms. The topological polar surface area (TPSA) is 98.8 Å². The molecule has 28 heavy (non-hydrogen) atoms. The molecule has 148 valence electrons. The van der Waals surface area contributed by atoms with E-state index in [2.05, 4.69) is 29.4 Å². The van der Waals surface area contributed by atoms with Gasteiger partial charge < -0.3 is 10.2 Å². The van der Waals surface area contributed by atoms with Gasteiger partial charge in [0.1, 0.15) is 6.04 Å². The van der Waals surface area contributed by atoms with Crippen molar-refractivity contribution in [3.05, 3.63) is 29.3 Å². The molecule has 1 atom stereocenters. The third-order valence-corrected chi connectivity index (χ3v) is 5.57. The van der Waals surface area contributed by atoms with E-state index in [0.717, 1.165) is 36.8 Å². The van der Waals surface area contributed by atoms with E-state index in [1.807, 2.05) is 6.07 Å². The molecule has 0 aliphatic carbocycles. The van der Waals surface area contributed by atoms with Crippen LogP contribution in [-0.2, 0) is 9.59 Å². The molecule has 8 heteroatoms. The molecule has 3 aliphatic rings. The van der Waals surface area contributed by atoms with Crippen molar-refractivity contribution >= 4 is 29.3 Å². The van der Waals surface area contributed by atoms with Crippen LogP contribution >= 0.6 is 0 Å². The summed E-state index contributed by atoms with van der Waals surface area (Å²) in [6, 6.07) is 4.32. The molecule has 2 fully saturated rings. The van der Waals surface area contributed by atoms with Crippen LogP contribution in [0.3, 0.4) is 0 Å². The summed E-state index contributed by atoms with van der Waals surface area (Å²) in [7, 11) is 0. The van der Waals surface area contributed by atoms with Gasteiger partial charge in [-0.25, -0.2) is 0 Å². The molecule has 1 unspecified atom stereocenters. The summed E-state index contributed by atoms with van der Waals surface area (Å²) in [4.78, 5) is 53.1. The van der Waals surface area contributed by atoms with Gasteiger partial charge in [0, 0.05) is 32.6 Å². The van der Waals surface area contributed by atoms with E-state index in [0.29, 0.717) is 11.1 Å². The first-order chi connectivity index (χ1) is 13.3. The minimum atomic E-state index is -0.944. The third-order valence-electron chi connectivity index (χ3n) is 5.57. The highest BCUT2D eigenvalue weighted by molar-refractivity contribution is 6.25. The van der Waals surface area contributed by atoms with Gasteiger partial charge in [0.25, 0.3) is 11.8 Å². The van der Waals surface area contributed by atoms with Crippen molar-refractivity contribution in [2.24, 2.45) is 5.41 Å². The Morgan fingerprint density at radius 1 is 1.11 bits per heavy atom. The van der Waals surface area contributed by atoms with E-state index in [-0.39, 0.29) is 24.2 Å². The SMILES string of the molecule is CC1(C)CNCCN(c2cccc3c2C(=O)N(C2CCC(=O)NC2=O)C3=O)C1. The van der Waals surface area contributed by atoms with Crippen molar-refractivity contribution in [1.82, 2.24) is 15.5 Å². The number of nitrogens with one attached hydrogen (secondary N) is 2. The Morgan fingerprint density at radius 2 is 1.89 bits per heavy atom. The highest BCUT2D eigenvalue weighted by atomic mass is 16.2. The van der Waals surface area contributed by atoms with Crippen LogP contribution < -0.4 is 15.5 Å². The number of rotatable bonds is 2. The van der Waals surface area contributed by atoms with Gasteiger partial charge in [-0.3, -0.25) is 29.4 Å². The number of hydrogen-bond donors (Lipinski definition) is 2. The summed E-state index contributed by atoms with van der Waals surface area (Å²) in [6.45, 7) is 7.43. The largest absolute Gasteiger partial charge is 0.369 e. The maximum absolute atomic E-state index is 13.2. The quantitative estimate of drug-likeness (QED) is 0.722. The van der Waals surface area contributed by atoms with Crippen LogP contribution in [0.2, 0.25) is 0 Å². The second-order valence-corrected chi connectivity index (χ2v) is 8.41. The number of imide groups is 2. The predicted molar refractivity (Wildman–Crippen MR) is 102 cm³/mol. The van der Waals surface area contributed by atoms with Crippen LogP contribution in [0.4, 0.5) is 5.69 Å². The van der Waals surface area contributed by atoms with Crippen molar-refractivity contribution in [2.45, 2.75) is 32.7 Å². The molecule has 0 radical (unpaired) electrons. The predicted octanol–water partition coefficient (Wildman–Crippen LogP) is 0.524. The lowest BCUT2D eigenvalue weighted by Crippen LogP contribution is -2.54. The first kappa shape index (κ1) is 18.6. The molecule has 0 saturated carbocycles. The van der Waals surface area contributed by atoms with Crippen molar-refractivity contribution in [2.75, 3.05) is 31.1 Å². The van der Waals surface area contributed by atoms with E-state index >= 15 is 0 Å². The molecule has 0 spiro atoms. The minimum Gasteiger partial charge on any atom is -0.369 e. The van der Waals surface area contributed by atoms with Gasteiger partial charge >= 0.3 is 0 Å². The molecule has 3 heterocycles. The molecule has 2 saturated heterocycles. The highest BCUT2D eigenvalue weighted by Crippen LogP contribution is 2.35. The van der Waals surface area contributed by atoms with Gasteiger partial charge in [0.2, 0.25) is 11.8 Å². The van der Waals surface area contributed by atoms with Gasteiger partial charge in [0.05, 0.1) is 16.8 Å². The number of anilines is 1. The first-order valence-corrected chi connectivity index (χ1v) is 9.59. The molecule has 4 rings (SSSR count). The number of benzene rings is 1. The Balaban J connectivity index is 1.70. The molecule has 0 aromatic heterocycles. The number of hydrogen-bond acceptors (Lipinski definition) is 6. The summed E-state index contributed by atoms with van der Waals surface area (Å²) >= 11 is 0. The number of amides is 4. The zero-order valence-corrected chi connectivity index (χ0v) is 16.1. The number of piperidine rings is 1. The summed E-state index contributed by atoms with van der Waals surface area (Å²) in [5.74, 6) is -1.89. The number of carbonyl (C=O) groups is 4. The maximum Gasteiger partial charge on any atom is 0.264 e. The number of fused-ring (bicyclic) bond motifs is 1. The second kappa shape index (κ2) is 6.70. The average molecular weight is 384 g/mol. The molecule has 3 aliphatic heterocycles. The molecule has 8 nitrogen and oxygen atoms in total. The van der Waals surface area contributed by atoms with Crippen LogP contribution in [-0.4, -0.2) is 60.7 Å². The molecule has 1 aromatic rings. The summed E-state index contributed by atoms with van der Waals surface area (Å²) in [6.07, 6.45) is 0.273. The third kappa shape index (κ3) is 3.07. The normalized spacial score (nSPS) is 24.9. The van der Waals surface area contributed by atoms with Gasteiger partial charge in [-0.1, -0.05) is 19.9 Å². The van der Waals surface area contributed by atoms with Crippen LogP contribution in [0, 0.1) is 5.41 Å². The average Bonchev–Trinajstić information content (AvgIpc) is 2.78. The summed E-state index contributed by atoms with van der Waals surface area (Å²) < 4.78 is 0. The van der Waals surface area contributed by atoms with Crippen molar-refractivity contribution in [3.8, 4) is 0 Å². The van der Waals surface area contributed by atoms with Crippen LogP contribution in [0.25, 0.3) is 0 Å². The van der Waals surface area contributed by atoms with E-state index in [4.69, 9.17) is 0 Å². The Kier molecular flexibility index (Phi) is 4.45. The number of nitrogens with zero attached hydrogens (tertiary/aromatic N) is 2. The lowest BCUT2D eigenvalue weighted by Gasteiger charge is -2.32. The van der Waals surface area contributed by atoms with Crippen molar-refractivity contribution in [1.29, 1.82) is 0 Å². The summed E-state index contributed by atoms with van der Waals surface area (Å²) in [5, 5.41) is 5.64. The molecule has 1 aromatic carbocycles.